The molecule has 5 nitrogen and oxygen atoms in total. The van der Waals surface area contributed by atoms with E-state index in [1.165, 1.54) is 11.3 Å². The third-order valence-corrected chi connectivity index (χ3v) is 4.44. The number of thiophene rings is 1. The Morgan fingerprint density at radius 1 is 1.32 bits per heavy atom. The van der Waals surface area contributed by atoms with Gasteiger partial charge in [0, 0.05) is 31.6 Å². The summed E-state index contributed by atoms with van der Waals surface area (Å²) in [5.41, 5.74) is 0.265. The quantitative estimate of drug-likeness (QED) is 0.839. The highest BCUT2D eigenvalue weighted by molar-refractivity contribution is 7.08. The summed E-state index contributed by atoms with van der Waals surface area (Å²) in [7, 11) is 1.84. The Bertz CT molecular complexity index is 514. The summed E-state index contributed by atoms with van der Waals surface area (Å²) in [5, 5.41) is 3.78. The van der Waals surface area contributed by atoms with Crippen LogP contribution in [-0.4, -0.2) is 53.6 Å². The van der Waals surface area contributed by atoms with Crippen LogP contribution in [0.5, 0.6) is 0 Å². The van der Waals surface area contributed by atoms with Crippen LogP contribution in [-0.2, 0) is 4.74 Å². The number of hydrogen-bond donors (Lipinski definition) is 0. The van der Waals surface area contributed by atoms with Gasteiger partial charge >= 0.3 is 6.09 Å². The number of amides is 2. The predicted molar refractivity (Wildman–Crippen MR) is 87.2 cm³/mol. The summed E-state index contributed by atoms with van der Waals surface area (Å²) in [5.74, 6) is 0.0527. The maximum absolute atomic E-state index is 12.3. The minimum absolute atomic E-state index is 0.0527. The maximum Gasteiger partial charge on any atom is 0.410 e. The highest BCUT2D eigenvalue weighted by atomic mass is 32.1. The second-order valence-corrected chi connectivity index (χ2v) is 7.41. The van der Waals surface area contributed by atoms with Gasteiger partial charge in [-0.25, -0.2) is 4.79 Å². The third kappa shape index (κ3) is 4.22. The van der Waals surface area contributed by atoms with E-state index in [1.807, 2.05) is 44.6 Å². The monoisotopic (exact) mass is 324 g/mol. The molecule has 0 bridgehead atoms. The fourth-order valence-corrected chi connectivity index (χ4v) is 3.15. The van der Waals surface area contributed by atoms with Crippen LogP contribution in [0.2, 0.25) is 0 Å². The fourth-order valence-electron chi connectivity index (χ4n) is 2.52. The first-order valence-corrected chi connectivity index (χ1v) is 8.49. The molecule has 0 aromatic carbocycles. The molecule has 2 heterocycles. The lowest BCUT2D eigenvalue weighted by molar-refractivity contribution is 0.0160. The van der Waals surface area contributed by atoms with Crippen LogP contribution in [0.25, 0.3) is 0 Å². The normalized spacial score (nSPS) is 16.5. The van der Waals surface area contributed by atoms with E-state index in [0.29, 0.717) is 13.1 Å². The second-order valence-electron chi connectivity index (χ2n) is 6.63. The van der Waals surface area contributed by atoms with Crippen molar-refractivity contribution in [3.8, 4) is 0 Å². The predicted octanol–water partition coefficient (Wildman–Crippen LogP) is 3.22. The summed E-state index contributed by atoms with van der Waals surface area (Å²) in [6, 6.07) is 2.02. The van der Waals surface area contributed by atoms with Crippen molar-refractivity contribution in [2.75, 3.05) is 20.1 Å². The van der Waals surface area contributed by atoms with Gasteiger partial charge in [-0.15, -0.1) is 0 Å². The average Bonchev–Trinajstić information content (AvgIpc) is 2.98. The standard InChI is InChI=1S/C16H24N2O3S/c1-16(2,3)21-15(20)18-8-5-13(6-9-18)17(4)14(19)12-7-10-22-11-12/h7,10-11,13H,5-6,8-9H2,1-4H3. The van der Waals surface area contributed by atoms with Gasteiger partial charge in [-0.05, 0) is 45.1 Å². The zero-order valence-corrected chi connectivity index (χ0v) is 14.5. The molecule has 0 radical (unpaired) electrons. The lowest BCUT2D eigenvalue weighted by Crippen LogP contribution is -2.48. The highest BCUT2D eigenvalue weighted by Crippen LogP contribution is 2.20. The van der Waals surface area contributed by atoms with Gasteiger partial charge < -0.3 is 14.5 Å². The van der Waals surface area contributed by atoms with Crippen LogP contribution < -0.4 is 0 Å². The number of nitrogens with zero attached hydrogens (tertiary/aromatic N) is 2. The minimum Gasteiger partial charge on any atom is -0.444 e. The van der Waals surface area contributed by atoms with Crippen LogP contribution in [0.15, 0.2) is 16.8 Å². The van der Waals surface area contributed by atoms with E-state index in [1.54, 1.807) is 9.80 Å². The molecule has 0 aliphatic carbocycles. The van der Waals surface area contributed by atoms with Crippen molar-refractivity contribution in [3.63, 3.8) is 0 Å². The van der Waals surface area contributed by atoms with E-state index < -0.39 is 5.60 Å². The van der Waals surface area contributed by atoms with Crippen LogP contribution in [0.4, 0.5) is 4.79 Å². The van der Waals surface area contributed by atoms with Gasteiger partial charge in [-0.2, -0.15) is 11.3 Å². The molecule has 0 saturated carbocycles. The van der Waals surface area contributed by atoms with Gasteiger partial charge in [0.2, 0.25) is 0 Å². The van der Waals surface area contributed by atoms with E-state index in [2.05, 4.69) is 0 Å². The zero-order valence-electron chi connectivity index (χ0n) is 13.7. The molecule has 0 N–H and O–H groups in total. The molecular weight excluding hydrogens is 300 g/mol. The highest BCUT2D eigenvalue weighted by Gasteiger charge is 2.30. The molecule has 1 aliphatic rings. The molecule has 0 atom stereocenters. The van der Waals surface area contributed by atoms with E-state index in [0.717, 1.165) is 18.4 Å². The van der Waals surface area contributed by atoms with Gasteiger partial charge in [-0.1, -0.05) is 0 Å². The molecule has 2 rings (SSSR count). The molecule has 1 aromatic rings. The Balaban J connectivity index is 1.86. The van der Waals surface area contributed by atoms with Crippen molar-refractivity contribution in [2.45, 2.75) is 45.3 Å². The molecule has 0 unspecified atom stereocenters. The van der Waals surface area contributed by atoms with Gasteiger partial charge in [0.1, 0.15) is 5.60 Å². The average molecular weight is 324 g/mol. The molecule has 1 fully saturated rings. The first kappa shape index (κ1) is 16.8. The Labute approximate surface area is 135 Å². The van der Waals surface area contributed by atoms with Crippen molar-refractivity contribution in [1.29, 1.82) is 0 Å². The Morgan fingerprint density at radius 2 is 1.95 bits per heavy atom. The molecule has 0 spiro atoms. The number of carbonyl (C=O) groups is 2. The van der Waals surface area contributed by atoms with Crippen molar-refractivity contribution in [3.05, 3.63) is 22.4 Å². The van der Waals surface area contributed by atoms with E-state index in [-0.39, 0.29) is 18.0 Å². The number of rotatable bonds is 2. The molecule has 1 aliphatic heterocycles. The van der Waals surface area contributed by atoms with Crippen molar-refractivity contribution < 1.29 is 14.3 Å². The van der Waals surface area contributed by atoms with Gasteiger partial charge in [0.05, 0.1) is 5.56 Å². The number of ether oxygens (including phenoxy) is 1. The van der Waals surface area contributed by atoms with E-state index in [4.69, 9.17) is 4.74 Å². The number of likely N-dealkylation sites (tertiary alicyclic amines) is 1. The zero-order chi connectivity index (χ0) is 16.3. The fraction of sp³-hybridized carbons (Fsp3) is 0.625. The number of hydrogen-bond acceptors (Lipinski definition) is 4. The minimum atomic E-state index is -0.473. The first-order valence-electron chi connectivity index (χ1n) is 7.55. The smallest absolute Gasteiger partial charge is 0.410 e. The summed E-state index contributed by atoms with van der Waals surface area (Å²) < 4.78 is 5.39. The Hall–Kier alpha value is -1.56. The van der Waals surface area contributed by atoms with E-state index in [9.17, 15) is 9.59 Å². The van der Waals surface area contributed by atoms with Crippen LogP contribution in [0.1, 0.15) is 44.0 Å². The lowest BCUT2D eigenvalue weighted by atomic mass is 10.0. The van der Waals surface area contributed by atoms with E-state index >= 15 is 0 Å². The Morgan fingerprint density at radius 3 is 2.45 bits per heavy atom. The summed E-state index contributed by atoms with van der Waals surface area (Å²) in [6.07, 6.45) is 1.30. The molecule has 1 aromatic heterocycles. The molecule has 1 saturated heterocycles. The molecule has 6 heteroatoms. The SMILES string of the molecule is CN(C(=O)c1ccsc1)C1CCN(C(=O)OC(C)(C)C)CC1. The number of carbonyl (C=O) groups excluding carboxylic acids is 2. The first-order chi connectivity index (χ1) is 10.3. The molecule has 122 valence electrons. The van der Waals surface area contributed by atoms with Crippen molar-refractivity contribution in [1.82, 2.24) is 9.80 Å². The summed E-state index contributed by atoms with van der Waals surface area (Å²) >= 11 is 1.52. The van der Waals surface area contributed by atoms with Crippen LogP contribution in [0, 0.1) is 0 Å². The summed E-state index contributed by atoms with van der Waals surface area (Å²) in [4.78, 5) is 27.9. The molecule has 22 heavy (non-hydrogen) atoms. The van der Waals surface area contributed by atoms with Gasteiger partial charge in [0.25, 0.3) is 5.91 Å². The van der Waals surface area contributed by atoms with Crippen LogP contribution >= 0.6 is 11.3 Å². The number of piperidine rings is 1. The summed E-state index contributed by atoms with van der Waals surface area (Å²) in [6.45, 7) is 6.85. The molecule has 2 amide bonds. The third-order valence-electron chi connectivity index (χ3n) is 3.75. The van der Waals surface area contributed by atoms with Crippen molar-refractivity contribution in [2.24, 2.45) is 0 Å². The van der Waals surface area contributed by atoms with Gasteiger partial charge in [-0.3, -0.25) is 4.79 Å². The topological polar surface area (TPSA) is 49.9 Å². The Kier molecular flexibility index (Phi) is 5.11. The molecular formula is C16H24N2O3S. The van der Waals surface area contributed by atoms with Gasteiger partial charge in [0.15, 0.2) is 0 Å². The lowest BCUT2D eigenvalue weighted by Gasteiger charge is -2.37. The largest absolute Gasteiger partial charge is 0.444 e. The van der Waals surface area contributed by atoms with Crippen molar-refractivity contribution >= 4 is 23.3 Å². The second kappa shape index (κ2) is 6.69. The van der Waals surface area contributed by atoms with Crippen LogP contribution in [0.3, 0.4) is 0 Å². The maximum atomic E-state index is 12.3.